The van der Waals surface area contributed by atoms with E-state index in [0.29, 0.717) is 0 Å². The van der Waals surface area contributed by atoms with Crippen LogP contribution in [-0.2, 0) is 4.79 Å². The van der Waals surface area contributed by atoms with E-state index in [4.69, 9.17) is 0 Å². The molecule has 0 unspecified atom stereocenters. The van der Waals surface area contributed by atoms with Gasteiger partial charge in [-0.3, -0.25) is 4.79 Å². The maximum atomic E-state index is 11.8. The van der Waals surface area contributed by atoms with Crippen molar-refractivity contribution < 1.29 is 4.79 Å². The fourth-order valence-electron chi connectivity index (χ4n) is 1.51. The van der Waals surface area contributed by atoms with Crippen molar-refractivity contribution in [2.24, 2.45) is 0 Å². The highest BCUT2D eigenvalue weighted by atomic mass is 16.2. The minimum Gasteiger partial charge on any atom is -0.314 e. The van der Waals surface area contributed by atoms with Gasteiger partial charge in [0.2, 0.25) is 5.91 Å². The van der Waals surface area contributed by atoms with Crippen molar-refractivity contribution in [1.82, 2.24) is 5.32 Å². The van der Waals surface area contributed by atoms with E-state index >= 15 is 0 Å². The number of anilines is 1. The molecule has 74 valence electrons. The Morgan fingerprint density at radius 2 is 2.07 bits per heavy atom. The van der Waals surface area contributed by atoms with Crippen LogP contribution in [0.5, 0.6) is 0 Å². The number of rotatable bonds is 2. The van der Waals surface area contributed by atoms with E-state index < -0.39 is 0 Å². The van der Waals surface area contributed by atoms with Gasteiger partial charge in [0.1, 0.15) is 0 Å². The smallest absolute Gasteiger partial charge is 0.243 e. The van der Waals surface area contributed by atoms with E-state index in [1.807, 2.05) is 37.4 Å². The Bertz CT molecular complexity index is 319. The summed E-state index contributed by atoms with van der Waals surface area (Å²) in [5.74, 6) is 0.155. The van der Waals surface area contributed by atoms with Crippen LogP contribution in [0.25, 0.3) is 0 Å². The van der Waals surface area contributed by atoms with Crippen molar-refractivity contribution in [2.45, 2.75) is 12.5 Å². The van der Waals surface area contributed by atoms with Crippen LogP contribution in [0.2, 0.25) is 0 Å². The first-order valence-corrected chi connectivity index (χ1v) is 4.85. The number of benzene rings is 1. The molecule has 1 atom stereocenters. The molecular formula is C11H14N2O. The van der Waals surface area contributed by atoms with Gasteiger partial charge >= 0.3 is 0 Å². The molecule has 1 aliphatic rings. The highest BCUT2D eigenvalue weighted by molar-refractivity contribution is 5.97. The van der Waals surface area contributed by atoms with E-state index in [9.17, 15) is 4.79 Å². The first kappa shape index (κ1) is 9.21. The van der Waals surface area contributed by atoms with Crippen LogP contribution in [-0.4, -0.2) is 25.5 Å². The number of hydrogen-bond donors (Lipinski definition) is 1. The molecule has 1 fully saturated rings. The number of likely N-dealkylation sites (N-methyl/N-ethyl adjacent to an activating group) is 1. The fraction of sp³-hybridized carbons (Fsp3) is 0.364. The molecule has 1 amide bonds. The van der Waals surface area contributed by atoms with Gasteiger partial charge in [-0.15, -0.1) is 0 Å². The Balaban J connectivity index is 2.07. The number of nitrogens with one attached hydrogen (secondary N) is 1. The number of para-hydroxylation sites is 1. The Labute approximate surface area is 83.7 Å². The first-order chi connectivity index (χ1) is 6.79. The Kier molecular flexibility index (Phi) is 2.50. The summed E-state index contributed by atoms with van der Waals surface area (Å²) >= 11 is 0. The molecule has 1 heterocycles. The third kappa shape index (κ3) is 1.63. The van der Waals surface area contributed by atoms with E-state index in [1.165, 1.54) is 0 Å². The lowest BCUT2D eigenvalue weighted by Gasteiger charge is -2.30. The van der Waals surface area contributed by atoms with Gasteiger partial charge in [0.05, 0.1) is 6.04 Å². The quantitative estimate of drug-likeness (QED) is 0.755. The van der Waals surface area contributed by atoms with Gasteiger partial charge < -0.3 is 10.2 Å². The van der Waals surface area contributed by atoms with Crippen LogP contribution >= 0.6 is 0 Å². The molecule has 14 heavy (non-hydrogen) atoms. The summed E-state index contributed by atoms with van der Waals surface area (Å²) < 4.78 is 0. The molecule has 2 rings (SSSR count). The number of amides is 1. The summed E-state index contributed by atoms with van der Waals surface area (Å²) in [6.07, 6.45) is 0.954. The van der Waals surface area contributed by atoms with Crippen LogP contribution in [0.4, 0.5) is 5.69 Å². The van der Waals surface area contributed by atoms with Crippen molar-refractivity contribution in [2.75, 3.05) is 18.5 Å². The lowest BCUT2D eigenvalue weighted by Crippen LogP contribution is -2.53. The highest BCUT2D eigenvalue weighted by Gasteiger charge is 2.27. The van der Waals surface area contributed by atoms with E-state index in [-0.39, 0.29) is 11.9 Å². The second-order valence-corrected chi connectivity index (χ2v) is 3.53. The number of carbonyl (C=O) groups excluding carboxylic acids is 1. The number of carbonyl (C=O) groups is 1. The number of hydrogen-bond acceptors (Lipinski definition) is 2. The summed E-state index contributed by atoms with van der Waals surface area (Å²) in [6, 6.07) is 9.73. The van der Waals surface area contributed by atoms with Crippen LogP contribution < -0.4 is 10.2 Å². The maximum absolute atomic E-state index is 11.8. The minimum atomic E-state index is 0.0280. The van der Waals surface area contributed by atoms with Crippen molar-refractivity contribution in [3.05, 3.63) is 30.3 Å². The standard InChI is InChI=1S/C11H14N2O/c1-13(9-5-3-2-4-6-9)11(14)10-7-8-12-10/h2-6,10,12H,7-8H2,1H3/t10-/m0/s1. The fourth-order valence-corrected chi connectivity index (χ4v) is 1.51. The van der Waals surface area contributed by atoms with Crippen LogP contribution in [0.3, 0.4) is 0 Å². The average molecular weight is 190 g/mol. The van der Waals surface area contributed by atoms with Crippen molar-refractivity contribution in [1.29, 1.82) is 0 Å². The second kappa shape index (κ2) is 3.80. The zero-order valence-corrected chi connectivity index (χ0v) is 8.23. The maximum Gasteiger partial charge on any atom is 0.243 e. The van der Waals surface area contributed by atoms with Gasteiger partial charge in [-0.2, -0.15) is 0 Å². The van der Waals surface area contributed by atoms with Crippen molar-refractivity contribution in [3.8, 4) is 0 Å². The molecule has 1 saturated heterocycles. The zero-order chi connectivity index (χ0) is 9.97. The predicted molar refractivity (Wildman–Crippen MR) is 56.3 cm³/mol. The molecule has 0 saturated carbocycles. The predicted octanol–water partition coefficient (Wildman–Crippen LogP) is 1.01. The topological polar surface area (TPSA) is 32.3 Å². The van der Waals surface area contributed by atoms with Gasteiger partial charge in [0.25, 0.3) is 0 Å². The minimum absolute atomic E-state index is 0.0280. The van der Waals surface area contributed by atoms with Gasteiger partial charge in [-0.1, -0.05) is 18.2 Å². The van der Waals surface area contributed by atoms with Gasteiger partial charge in [0, 0.05) is 12.7 Å². The van der Waals surface area contributed by atoms with Gasteiger partial charge in [0.15, 0.2) is 0 Å². The highest BCUT2D eigenvalue weighted by Crippen LogP contribution is 2.14. The SMILES string of the molecule is CN(C(=O)[C@@H]1CCN1)c1ccccc1. The zero-order valence-electron chi connectivity index (χ0n) is 8.23. The van der Waals surface area contributed by atoms with Crippen LogP contribution in [0.15, 0.2) is 30.3 Å². The Hall–Kier alpha value is -1.35. The average Bonchev–Trinajstić information content (AvgIpc) is 2.15. The van der Waals surface area contributed by atoms with Gasteiger partial charge in [-0.25, -0.2) is 0 Å². The molecule has 0 spiro atoms. The first-order valence-electron chi connectivity index (χ1n) is 4.85. The second-order valence-electron chi connectivity index (χ2n) is 3.53. The lowest BCUT2D eigenvalue weighted by molar-refractivity contribution is -0.121. The van der Waals surface area contributed by atoms with Crippen molar-refractivity contribution in [3.63, 3.8) is 0 Å². The Morgan fingerprint density at radius 1 is 1.43 bits per heavy atom. The summed E-state index contributed by atoms with van der Waals surface area (Å²) in [5.41, 5.74) is 0.950. The van der Waals surface area contributed by atoms with Gasteiger partial charge in [-0.05, 0) is 25.1 Å². The largest absolute Gasteiger partial charge is 0.314 e. The third-order valence-corrected chi connectivity index (χ3v) is 2.60. The summed E-state index contributed by atoms with van der Waals surface area (Å²) in [7, 11) is 1.82. The lowest BCUT2D eigenvalue weighted by atomic mass is 10.1. The molecule has 0 radical (unpaired) electrons. The van der Waals surface area contributed by atoms with Crippen LogP contribution in [0, 0.1) is 0 Å². The molecule has 0 aromatic heterocycles. The van der Waals surface area contributed by atoms with E-state index in [1.54, 1.807) is 4.90 Å². The monoisotopic (exact) mass is 190 g/mol. The Morgan fingerprint density at radius 3 is 2.57 bits per heavy atom. The number of nitrogens with zero attached hydrogens (tertiary/aromatic N) is 1. The summed E-state index contributed by atoms with van der Waals surface area (Å²) in [5, 5.41) is 3.10. The molecular weight excluding hydrogens is 176 g/mol. The molecule has 1 aromatic rings. The molecule has 0 bridgehead atoms. The summed E-state index contributed by atoms with van der Waals surface area (Å²) in [4.78, 5) is 13.5. The molecule has 1 aromatic carbocycles. The van der Waals surface area contributed by atoms with Crippen LogP contribution in [0.1, 0.15) is 6.42 Å². The molecule has 1 N–H and O–H groups in total. The molecule has 3 heteroatoms. The van der Waals surface area contributed by atoms with E-state index in [0.717, 1.165) is 18.7 Å². The molecule has 1 aliphatic heterocycles. The normalized spacial score (nSPS) is 19.9. The van der Waals surface area contributed by atoms with E-state index in [2.05, 4.69) is 5.32 Å². The summed E-state index contributed by atoms with van der Waals surface area (Å²) in [6.45, 7) is 0.957. The molecule has 3 nitrogen and oxygen atoms in total. The third-order valence-electron chi connectivity index (χ3n) is 2.60. The van der Waals surface area contributed by atoms with Crippen molar-refractivity contribution >= 4 is 11.6 Å². The molecule has 0 aliphatic carbocycles.